The van der Waals surface area contributed by atoms with E-state index in [-0.39, 0.29) is 6.10 Å². The topological polar surface area (TPSA) is 34.1 Å². The van der Waals surface area contributed by atoms with Crippen LogP contribution in [0.3, 0.4) is 0 Å². The molecule has 0 spiro atoms. The Morgan fingerprint density at radius 1 is 1.22 bits per heavy atom. The number of ether oxygens (including phenoxy) is 1. The molecular weight excluding hydrogens is 304 g/mol. The first kappa shape index (κ1) is 20.7. The van der Waals surface area contributed by atoms with Crippen molar-refractivity contribution in [3.63, 3.8) is 0 Å². The van der Waals surface area contributed by atoms with E-state index in [0.29, 0.717) is 17.9 Å². The Hall–Kier alpha value is -0.393. The first-order valence-corrected chi connectivity index (χ1v) is 12.6. The van der Waals surface area contributed by atoms with Crippen LogP contribution in [0, 0.1) is 11.8 Å². The van der Waals surface area contributed by atoms with Crippen LogP contribution in [0.25, 0.3) is 0 Å². The van der Waals surface area contributed by atoms with Crippen molar-refractivity contribution in [1.29, 1.82) is 0 Å². The van der Waals surface area contributed by atoms with E-state index < -0.39 is 8.32 Å². The zero-order chi connectivity index (χ0) is 17.6. The van der Waals surface area contributed by atoms with Gasteiger partial charge in [-0.25, -0.2) is 0 Å². The molecule has 0 aliphatic carbocycles. The Morgan fingerprint density at radius 2 is 1.87 bits per heavy atom. The van der Waals surface area contributed by atoms with Gasteiger partial charge in [0.1, 0.15) is 0 Å². The first-order valence-electron chi connectivity index (χ1n) is 9.14. The highest BCUT2D eigenvalue weighted by Crippen LogP contribution is 2.23. The Labute approximate surface area is 144 Å². The van der Waals surface area contributed by atoms with Gasteiger partial charge in [-0.05, 0) is 44.3 Å². The molecule has 0 N–H and O–H groups in total. The number of hydrogen-bond acceptors (Lipinski definition) is 4. The second-order valence-corrected chi connectivity index (χ2v) is 12.8. The van der Waals surface area contributed by atoms with E-state index in [0.717, 1.165) is 19.6 Å². The molecule has 1 aliphatic rings. The van der Waals surface area contributed by atoms with Crippen molar-refractivity contribution in [2.24, 2.45) is 16.9 Å². The molecule has 0 saturated carbocycles. The Kier molecular flexibility index (Phi) is 8.25. The van der Waals surface area contributed by atoms with Gasteiger partial charge in [-0.1, -0.05) is 27.7 Å². The Morgan fingerprint density at radius 3 is 2.35 bits per heavy atom. The van der Waals surface area contributed by atoms with E-state index in [1.165, 1.54) is 18.6 Å². The van der Waals surface area contributed by atoms with Gasteiger partial charge in [0.05, 0.1) is 18.8 Å². The minimum Gasteiger partial charge on any atom is -0.414 e. The maximum absolute atomic E-state index is 6.43. The summed E-state index contributed by atoms with van der Waals surface area (Å²) >= 11 is 0. The van der Waals surface area contributed by atoms with E-state index in [1.807, 2.05) is 0 Å². The van der Waals surface area contributed by atoms with Crippen LogP contribution < -0.4 is 0 Å². The van der Waals surface area contributed by atoms with Crippen LogP contribution in [-0.4, -0.2) is 51.4 Å². The number of hydrazone groups is 1. The summed E-state index contributed by atoms with van der Waals surface area (Å²) in [7, 11) is 0.234. The summed E-state index contributed by atoms with van der Waals surface area (Å²) in [4.78, 5) is 0. The van der Waals surface area contributed by atoms with Crippen LogP contribution in [0.2, 0.25) is 19.6 Å². The summed E-state index contributed by atoms with van der Waals surface area (Å²) < 4.78 is 11.8. The molecule has 23 heavy (non-hydrogen) atoms. The third kappa shape index (κ3) is 7.35. The van der Waals surface area contributed by atoms with Crippen molar-refractivity contribution in [2.75, 3.05) is 20.3 Å². The largest absolute Gasteiger partial charge is 0.414 e. The highest BCUT2D eigenvalue weighted by Gasteiger charge is 2.28. The van der Waals surface area contributed by atoms with Gasteiger partial charge in [-0.2, -0.15) is 5.10 Å². The molecule has 5 heteroatoms. The van der Waals surface area contributed by atoms with Crippen molar-refractivity contribution in [3.8, 4) is 0 Å². The average molecular weight is 343 g/mol. The molecule has 0 radical (unpaired) electrons. The van der Waals surface area contributed by atoms with Crippen LogP contribution in [0.4, 0.5) is 0 Å². The minimum absolute atomic E-state index is 0.270. The van der Waals surface area contributed by atoms with Crippen molar-refractivity contribution < 1.29 is 9.16 Å². The molecule has 1 rings (SSSR count). The normalized spacial score (nSPS) is 21.6. The van der Waals surface area contributed by atoms with Crippen LogP contribution in [0.1, 0.15) is 47.0 Å². The van der Waals surface area contributed by atoms with Gasteiger partial charge in [0.15, 0.2) is 8.32 Å². The molecule has 136 valence electrons. The van der Waals surface area contributed by atoms with Gasteiger partial charge in [0, 0.05) is 25.8 Å². The van der Waals surface area contributed by atoms with Gasteiger partial charge in [-0.3, -0.25) is 5.01 Å². The van der Waals surface area contributed by atoms with Gasteiger partial charge < -0.3 is 9.16 Å². The van der Waals surface area contributed by atoms with Crippen molar-refractivity contribution in [3.05, 3.63) is 0 Å². The summed E-state index contributed by atoms with van der Waals surface area (Å²) in [6.45, 7) is 17.6. The molecular formula is C18H38N2O2Si. The zero-order valence-electron chi connectivity index (χ0n) is 16.6. The highest BCUT2D eigenvalue weighted by molar-refractivity contribution is 6.69. The van der Waals surface area contributed by atoms with Crippen LogP contribution >= 0.6 is 0 Å². The van der Waals surface area contributed by atoms with E-state index in [1.54, 1.807) is 7.11 Å². The van der Waals surface area contributed by atoms with Crippen LogP contribution in [-0.2, 0) is 9.16 Å². The lowest BCUT2D eigenvalue weighted by Crippen LogP contribution is -2.37. The summed E-state index contributed by atoms with van der Waals surface area (Å²) in [5.41, 5.74) is 1.27. The van der Waals surface area contributed by atoms with Gasteiger partial charge >= 0.3 is 0 Å². The lowest BCUT2D eigenvalue weighted by Gasteiger charge is -2.31. The molecule has 1 fully saturated rings. The molecule has 1 unspecified atom stereocenters. The zero-order valence-corrected chi connectivity index (χ0v) is 17.6. The van der Waals surface area contributed by atoms with Crippen molar-refractivity contribution >= 4 is 14.0 Å². The molecule has 0 bridgehead atoms. The summed E-state index contributed by atoms with van der Waals surface area (Å²) in [6, 6.07) is 0.434. The van der Waals surface area contributed by atoms with Crippen molar-refractivity contribution in [2.45, 2.75) is 78.7 Å². The van der Waals surface area contributed by atoms with Crippen LogP contribution in [0.15, 0.2) is 5.10 Å². The highest BCUT2D eigenvalue weighted by atomic mass is 28.4. The fraction of sp³-hybridized carbons (Fsp3) is 0.944. The Bertz CT molecular complexity index is 378. The monoisotopic (exact) mass is 342 g/mol. The van der Waals surface area contributed by atoms with E-state index in [9.17, 15) is 0 Å². The number of methoxy groups -OCH3 is 1. The second kappa shape index (κ2) is 9.18. The molecule has 0 aromatic carbocycles. The van der Waals surface area contributed by atoms with Gasteiger partial charge in [-0.15, -0.1) is 0 Å². The molecule has 1 saturated heterocycles. The molecule has 0 amide bonds. The van der Waals surface area contributed by atoms with E-state index in [2.05, 4.69) is 52.3 Å². The molecule has 4 nitrogen and oxygen atoms in total. The molecule has 0 aromatic rings. The maximum Gasteiger partial charge on any atom is 0.184 e. The fourth-order valence-electron chi connectivity index (χ4n) is 2.94. The summed E-state index contributed by atoms with van der Waals surface area (Å²) in [6.07, 6.45) is 3.60. The average Bonchev–Trinajstić information content (AvgIpc) is 2.83. The number of nitrogens with zero attached hydrogens (tertiary/aromatic N) is 2. The van der Waals surface area contributed by atoms with Gasteiger partial charge in [0.2, 0.25) is 0 Å². The van der Waals surface area contributed by atoms with E-state index in [4.69, 9.17) is 14.3 Å². The number of hydrogen-bond donors (Lipinski definition) is 0. The van der Waals surface area contributed by atoms with Gasteiger partial charge in [0.25, 0.3) is 0 Å². The predicted octanol–water partition coefficient (Wildman–Crippen LogP) is 4.38. The molecule has 1 heterocycles. The third-order valence-electron chi connectivity index (χ3n) is 4.29. The summed E-state index contributed by atoms with van der Waals surface area (Å²) in [5.74, 6) is 0.962. The lowest BCUT2D eigenvalue weighted by molar-refractivity contribution is 0.116. The third-order valence-corrected chi connectivity index (χ3v) is 5.30. The minimum atomic E-state index is -1.54. The smallest absolute Gasteiger partial charge is 0.184 e. The van der Waals surface area contributed by atoms with Crippen LogP contribution in [0.5, 0.6) is 0 Å². The maximum atomic E-state index is 6.43. The SMILES string of the molecule is COC[C@@H]1CCCN1/N=C(/CC(O[Si](C)(C)C)C(C)C)C(C)C. The Balaban J connectivity index is 2.85. The second-order valence-electron chi connectivity index (χ2n) is 8.38. The molecule has 0 aromatic heterocycles. The summed E-state index contributed by atoms with van der Waals surface area (Å²) in [5, 5.41) is 7.29. The standard InChI is InChI=1S/C18H38N2O2Si/c1-14(2)17(12-18(15(3)4)22-23(6,7)8)19-20-11-9-10-16(20)13-21-5/h14-16,18H,9-13H2,1-8H3/b19-17-/t16-,18?/m0/s1. The lowest BCUT2D eigenvalue weighted by atomic mass is 9.96. The fourth-order valence-corrected chi connectivity index (χ4v) is 4.21. The first-order chi connectivity index (χ1) is 10.6. The predicted molar refractivity (Wildman–Crippen MR) is 102 cm³/mol. The van der Waals surface area contributed by atoms with E-state index >= 15 is 0 Å². The van der Waals surface area contributed by atoms with Crippen molar-refractivity contribution in [1.82, 2.24) is 5.01 Å². The number of rotatable bonds is 9. The quantitative estimate of drug-likeness (QED) is 0.461. The molecule has 1 aliphatic heterocycles. The molecule has 2 atom stereocenters.